The molecule has 1 aliphatic carbocycles. The summed E-state index contributed by atoms with van der Waals surface area (Å²) in [4.78, 5) is 2.37. The molecule has 2 aliphatic rings. The van der Waals surface area contributed by atoms with Gasteiger partial charge in [-0.2, -0.15) is 0 Å². The number of halogens is 1. The summed E-state index contributed by atoms with van der Waals surface area (Å²) in [5.74, 6) is -0.0528. The van der Waals surface area contributed by atoms with E-state index in [-0.39, 0.29) is 23.3 Å². The molecule has 4 nitrogen and oxygen atoms in total. The summed E-state index contributed by atoms with van der Waals surface area (Å²) >= 11 is 3.46. The normalized spacial score (nSPS) is 18.8. The second-order valence-electron chi connectivity index (χ2n) is 6.49. The molecule has 1 aliphatic heterocycles. The Hall–Kier alpha value is -1.98. The fourth-order valence-electron chi connectivity index (χ4n) is 4.05. The maximum absolute atomic E-state index is 10.4. The number of fused-ring (bicyclic) bond motifs is 2. The van der Waals surface area contributed by atoms with Crippen molar-refractivity contribution in [3.63, 3.8) is 0 Å². The smallest absolute Gasteiger partial charge is 0.165 e. The van der Waals surface area contributed by atoms with E-state index in [9.17, 15) is 15.3 Å². The third-order valence-electron chi connectivity index (χ3n) is 4.99. The van der Waals surface area contributed by atoms with Crippen molar-refractivity contribution in [3.05, 3.63) is 52.0 Å². The molecule has 0 saturated heterocycles. The molecular weight excluding hydrogens is 370 g/mol. The van der Waals surface area contributed by atoms with Crippen molar-refractivity contribution in [1.82, 2.24) is 4.90 Å². The van der Waals surface area contributed by atoms with E-state index in [0.717, 1.165) is 52.7 Å². The van der Waals surface area contributed by atoms with Gasteiger partial charge in [-0.05, 0) is 53.3 Å². The number of rotatable bonds is 2. The number of benzene rings is 2. The van der Waals surface area contributed by atoms with Gasteiger partial charge in [-0.15, -0.1) is 0 Å². The standard InChI is InChI=1S/C19H18BrNO3/c1-10(20)9-21-5-4-12-6-13(22)8-14-17(12)15(21)7-11-2-3-16(23)19(24)18(11)14/h2-3,6,8,15,22-24H,1,4-5,7,9H2. The van der Waals surface area contributed by atoms with Crippen LogP contribution in [0.3, 0.4) is 0 Å². The fourth-order valence-corrected chi connectivity index (χ4v) is 4.37. The summed E-state index contributed by atoms with van der Waals surface area (Å²) in [5.41, 5.74) is 4.68. The summed E-state index contributed by atoms with van der Waals surface area (Å²) in [5, 5.41) is 30.4. The highest BCUT2D eigenvalue weighted by Gasteiger charge is 2.36. The molecule has 5 heteroatoms. The van der Waals surface area contributed by atoms with Gasteiger partial charge in [0, 0.05) is 29.2 Å². The lowest BCUT2D eigenvalue weighted by Gasteiger charge is -2.41. The Morgan fingerprint density at radius 2 is 2.00 bits per heavy atom. The summed E-state index contributed by atoms with van der Waals surface area (Å²) in [7, 11) is 0. The maximum Gasteiger partial charge on any atom is 0.165 e. The molecule has 0 fully saturated rings. The Bertz CT molecular complexity index is 862. The molecule has 24 heavy (non-hydrogen) atoms. The highest BCUT2D eigenvalue weighted by molar-refractivity contribution is 9.11. The average Bonchev–Trinajstić information content (AvgIpc) is 2.52. The molecule has 0 bridgehead atoms. The number of phenolic OH excluding ortho intramolecular Hbond substituents is 3. The number of hydrogen-bond donors (Lipinski definition) is 3. The lowest BCUT2D eigenvalue weighted by molar-refractivity contribution is 0.202. The number of aromatic hydroxyl groups is 3. The second-order valence-corrected chi connectivity index (χ2v) is 7.61. The lowest BCUT2D eigenvalue weighted by atomic mass is 9.76. The van der Waals surface area contributed by atoms with Crippen LogP contribution in [0.1, 0.15) is 22.7 Å². The van der Waals surface area contributed by atoms with E-state index in [1.807, 2.05) is 12.1 Å². The monoisotopic (exact) mass is 387 g/mol. The molecule has 1 atom stereocenters. The first kappa shape index (κ1) is 15.5. The molecule has 0 radical (unpaired) electrons. The Kier molecular flexibility index (Phi) is 3.58. The number of nitrogens with zero attached hydrogens (tertiary/aromatic N) is 1. The van der Waals surface area contributed by atoms with E-state index in [1.165, 1.54) is 6.07 Å². The van der Waals surface area contributed by atoms with E-state index in [0.29, 0.717) is 5.56 Å². The van der Waals surface area contributed by atoms with Gasteiger partial charge in [-0.3, -0.25) is 4.90 Å². The van der Waals surface area contributed by atoms with Crippen LogP contribution in [0.4, 0.5) is 0 Å². The van der Waals surface area contributed by atoms with Crippen LogP contribution in [0.5, 0.6) is 17.2 Å². The largest absolute Gasteiger partial charge is 0.508 e. The predicted octanol–water partition coefficient (Wildman–Crippen LogP) is 3.83. The summed E-state index contributed by atoms with van der Waals surface area (Å²) < 4.78 is 0.936. The van der Waals surface area contributed by atoms with Crippen molar-refractivity contribution < 1.29 is 15.3 Å². The highest BCUT2D eigenvalue weighted by Crippen LogP contribution is 2.51. The minimum absolute atomic E-state index is 0.110. The minimum atomic E-state index is -0.134. The van der Waals surface area contributed by atoms with Gasteiger partial charge in [0.1, 0.15) is 5.75 Å². The van der Waals surface area contributed by atoms with Gasteiger partial charge < -0.3 is 15.3 Å². The van der Waals surface area contributed by atoms with E-state index in [2.05, 4.69) is 27.4 Å². The van der Waals surface area contributed by atoms with E-state index >= 15 is 0 Å². The van der Waals surface area contributed by atoms with Crippen LogP contribution in [0.25, 0.3) is 11.1 Å². The van der Waals surface area contributed by atoms with E-state index in [1.54, 1.807) is 6.07 Å². The van der Waals surface area contributed by atoms with Crippen molar-refractivity contribution in [2.45, 2.75) is 18.9 Å². The van der Waals surface area contributed by atoms with Crippen molar-refractivity contribution in [3.8, 4) is 28.4 Å². The Labute approximate surface area is 148 Å². The SMILES string of the molecule is C=C(Br)CN1CCc2cc(O)cc3c2C1Cc1ccc(O)c(O)c1-3. The van der Waals surface area contributed by atoms with Crippen molar-refractivity contribution >= 4 is 15.9 Å². The molecule has 0 amide bonds. The number of phenols is 3. The zero-order valence-electron chi connectivity index (χ0n) is 13.1. The van der Waals surface area contributed by atoms with E-state index in [4.69, 9.17) is 0 Å². The van der Waals surface area contributed by atoms with Crippen LogP contribution in [-0.2, 0) is 12.8 Å². The molecule has 1 heterocycles. The van der Waals surface area contributed by atoms with Gasteiger partial charge >= 0.3 is 0 Å². The molecule has 2 aromatic rings. The van der Waals surface area contributed by atoms with Gasteiger partial charge in [0.05, 0.1) is 0 Å². The van der Waals surface area contributed by atoms with Crippen LogP contribution in [0.15, 0.2) is 35.3 Å². The minimum Gasteiger partial charge on any atom is -0.508 e. The zero-order chi connectivity index (χ0) is 17.0. The van der Waals surface area contributed by atoms with Gasteiger partial charge in [0.15, 0.2) is 11.5 Å². The molecule has 1 unspecified atom stereocenters. The van der Waals surface area contributed by atoms with Crippen LogP contribution >= 0.6 is 15.9 Å². The predicted molar refractivity (Wildman–Crippen MR) is 96.7 cm³/mol. The molecule has 2 aromatic carbocycles. The third kappa shape index (κ3) is 2.31. The molecule has 4 rings (SSSR count). The molecule has 0 saturated carbocycles. The Balaban J connectivity index is 1.95. The summed E-state index contributed by atoms with van der Waals surface area (Å²) in [6, 6.07) is 7.06. The first-order valence-electron chi connectivity index (χ1n) is 7.93. The molecule has 0 spiro atoms. The Morgan fingerprint density at radius 3 is 2.75 bits per heavy atom. The molecule has 0 aromatic heterocycles. The third-order valence-corrected chi connectivity index (χ3v) is 5.24. The van der Waals surface area contributed by atoms with E-state index < -0.39 is 0 Å². The lowest BCUT2D eigenvalue weighted by Crippen LogP contribution is -2.39. The van der Waals surface area contributed by atoms with Crippen LogP contribution in [0, 0.1) is 0 Å². The highest BCUT2D eigenvalue weighted by atomic mass is 79.9. The van der Waals surface area contributed by atoms with Gasteiger partial charge in [0.2, 0.25) is 0 Å². The Morgan fingerprint density at radius 1 is 1.21 bits per heavy atom. The average molecular weight is 388 g/mol. The quantitative estimate of drug-likeness (QED) is 0.685. The molecule has 124 valence electrons. The van der Waals surface area contributed by atoms with Crippen LogP contribution in [-0.4, -0.2) is 33.3 Å². The summed E-state index contributed by atoms with van der Waals surface area (Å²) in [6.45, 7) is 5.61. The first-order valence-corrected chi connectivity index (χ1v) is 8.72. The molecule has 3 N–H and O–H groups in total. The van der Waals surface area contributed by atoms with Crippen LogP contribution in [0.2, 0.25) is 0 Å². The van der Waals surface area contributed by atoms with Crippen molar-refractivity contribution in [2.75, 3.05) is 13.1 Å². The van der Waals surface area contributed by atoms with Crippen molar-refractivity contribution in [1.29, 1.82) is 0 Å². The number of hydrogen-bond acceptors (Lipinski definition) is 4. The second kappa shape index (κ2) is 5.53. The van der Waals surface area contributed by atoms with Gasteiger partial charge in [0.25, 0.3) is 0 Å². The zero-order valence-corrected chi connectivity index (χ0v) is 14.7. The summed E-state index contributed by atoms with van der Waals surface area (Å²) in [6.07, 6.45) is 1.59. The maximum atomic E-state index is 10.4. The molecular formula is C19H18BrNO3. The fraction of sp³-hybridized carbons (Fsp3) is 0.263. The van der Waals surface area contributed by atoms with Crippen molar-refractivity contribution in [2.24, 2.45) is 0 Å². The van der Waals surface area contributed by atoms with Gasteiger partial charge in [-0.1, -0.05) is 28.6 Å². The van der Waals surface area contributed by atoms with Gasteiger partial charge in [-0.25, -0.2) is 0 Å². The first-order chi connectivity index (χ1) is 11.5. The topological polar surface area (TPSA) is 63.9 Å². The van der Waals surface area contributed by atoms with Crippen LogP contribution < -0.4 is 0 Å².